The molecule has 0 aliphatic heterocycles. The molecule has 2 rings (SSSR count). The van der Waals surface area contributed by atoms with E-state index in [1.807, 2.05) is 0 Å². The fourth-order valence-corrected chi connectivity index (χ4v) is 3.93. The van der Waals surface area contributed by atoms with E-state index in [-0.39, 0.29) is 28.8 Å². The minimum Gasteiger partial charge on any atom is -0.495 e. The van der Waals surface area contributed by atoms with E-state index in [0.29, 0.717) is 5.56 Å². The Hall–Kier alpha value is -2.98. The molecular formula is C20H23FN2O6S. The molecule has 0 aliphatic carbocycles. The van der Waals surface area contributed by atoms with Crippen molar-refractivity contribution in [2.45, 2.75) is 31.3 Å². The Labute approximate surface area is 174 Å². The summed E-state index contributed by atoms with van der Waals surface area (Å²) in [6, 6.07) is 9.35. The van der Waals surface area contributed by atoms with Crippen molar-refractivity contribution in [2.24, 2.45) is 0 Å². The Bertz CT molecular complexity index is 1020. The van der Waals surface area contributed by atoms with E-state index in [0.717, 1.165) is 6.07 Å². The number of carbonyl (C=O) groups excluding carboxylic acids is 2. The largest absolute Gasteiger partial charge is 0.495 e. The molecule has 0 aromatic heterocycles. The number of amides is 1. The highest BCUT2D eigenvalue weighted by Gasteiger charge is 2.23. The summed E-state index contributed by atoms with van der Waals surface area (Å²) in [6.45, 7) is 2.64. The van der Waals surface area contributed by atoms with Crippen LogP contribution < -0.4 is 14.8 Å². The minimum atomic E-state index is -3.93. The molecule has 10 heteroatoms. The summed E-state index contributed by atoms with van der Waals surface area (Å²) in [4.78, 5) is 23.9. The molecular weight excluding hydrogens is 415 g/mol. The van der Waals surface area contributed by atoms with Gasteiger partial charge in [-0.25, -0.2) is 22.3 Å². The first kappa shape index (κ1) is 23.3. The SMILES string of the molecule is COc1ccc(C(=O)OCC(=O)NCc2ccccc2F)cc1S(=O)(=O)NC(C)C. The Kier molecular flexibility index (Phi) is 7.90. The molecule has 8 nitrogen and oxygen atoms in total. The third kappa shape index (κ3) is 6.26. The Balaban J connectivity index is 2.03. The number of ether oxygens (including phenoxy) is 2. The first-order chi connectivity index (χ1) is 14.1. The topological polar surface area (TPSA) is 111 Å². The van der Waals surface area contributed by atoms with Crippen LogP contribution >= 0.6 is 0 Å². The zero-order chi connectivity index (χ0) is 22.3. The second kappa shape index (κ2) is 10.2. The van der Waals surface area contributed by atoms with Crippen molar-refractivity contribution in [3.05, 3.63) is 59.4 Å². The van der Waals surface area contributed by atoms with E-state index in [4.69, 9.17) is 9.47 Å². The molecule has 0 spiro atoms. The van der Waals surface area contributed by atoms with Crippen molar-refractivity contribution in [2.75, 3.05) is 13.7 Å². The molecule has 0 radical (unpaired) electrons. The van der Waals surface area contributed by atoms with Gasteiger partial charge in [-0.1, -0.05) is 18.2 Å². The van der Waals surface area contributed by atoms with Crippen molar-refractivity contribution < 1.29 is 31.9 Å². The van der Waals surface area contributed by atoms with Crippen molar-refractivity contribution >= 4 is 21.9 Å². The molecule has 2 N–H and O–H groups in total. The number of hydrogen-bond acceptors (Lipinski definition) is 6. The molecule has 0 unspecified atom stereocenters. The first-order valence-electron chi connectivity index (χ1n) is 9.01. The number of carbonyl (C=O) groups is 2. The van der Waals surface area contributed by atoms with Gasteiger partial charge < -0.3 is 14.8 Å². The number of esters is 1. The number of sulfonamides is 1. The maximum atomic E-state index is 13.5. The number of rotatable bonds is 9. The average Bonchev–Trinajstić information content (AvgIpc) is 2.70. The summed E-state index contributed by atoms with van der Waals surface area (Å²) < 4.78 is 50.9. The van der Waals surface area contributed by atoms with Crippen molar-refractivity contribution in [1.29, 1.82) is 0 Å². The van der Waals surface area contributed by atoms with Crippen LogP contribution in [0.15, 0.2) is 47.4 Å². The summed E-state index contributed by atoms with van der Waals surface area (Å²) in [6.07, 6.45) is 0. The van der Waals surface area contributed by atoms with E-state index < -0.39 is 34.3 Å². The van der Waals surface area contributed by atoms with Gasteiger partial charge in [0.1, 0.15) is 16.5 Å². The van der Waals surface area contributed by atoms with Crippen LogP contribution in [0.25, 0.3) is 0 Å². The quantitative estimate of drug-likeness (QED) is 0.580. The molecule has 0 atom stereocenters. The van der Waals surface area contributed by atoms with E-state index >= 15 is 0 Å². The lowest BCUT2D eigenvalue weighted by atomic mass is 10.2. The van der Waals surface area contributed by atoms with Gasteiger partial charge in [-0.2, -0.15) is 0 Å². The highest BCUT2D eigenvalue weighted by molar-refractivity contribution is 7.89. The lowest BCUT2D eigenvalue weighted by Crippen LogP contribution is -2.31. The van der Waals surface area contributed by atoms with Crippen LogP contribution in [0.4, 0.5) is 4.39 Å². The Morgan fingerprint density at radius 3 is 2.47 bits per heavy atom. The minimum absolute atomic E-state index is 0.0577. The molecule has 0 saturated carbocycles. The van der Waals surface area contributed by atoms with E-state index in [2.05, 4.69) is 10.0 Å². The molecule has 0 heterocycles. The van der Waals surface area contributed by atoms with Crippen LogP contribution in [-0.2, 0) is 26.1 Å². The first-order valence-corrected chi connectivity index (χ1v) is 10.5. The molecule has 2 aromatic rings. The molecule has 162 valence electrons. The second-order valence-corrected chi connectivity index (χ2v) is 8.27. The third-order valence-electron chi connectivity index (χ3n) is 3.85. The Morgan fingerprint density at radius 2 is 1.83 bits per heavy atom. The summed E-state index contributed by atoms with van der Waals surface area (Å²) in [7, 11) is -2.62. The molecule has 0 bridgehead atoms. The molecule has 0 aliphatic rings. The fraction of sp³-hybridized carbons (Fsp3) is 0.300. The lowest BCUT2D eigenvalue weighted by Gasteiger charge is -2.14. The van der Waals surface area contributed by atoms with Gasteiger partial charge in [0.25, 0.3) is 5.91 Å². The maximum Gasteiger partial charge on any atom is 0.338 e. The van der Waals surface area contributed by atoms with Gasteiger partial charge in [0, 0.05) is 18.2 Å². The van der Waals surface area contributed by atoms with Gasteiger partial charge in [-0.3, -0.25) is 4.79 Å². The number of benzene rings is 2. The van der Waals surface area contributed by atoms with Crippen LogP contribution in [0.5, 0.6) is 5.75 Å². The van der Waals surface area contributed by atoms with Gasteiger partial charge in [0.15, 0.2) is 6.61 Å². The molecule has 30 heavy (non-hydrogen) atoms. The van der Waals surface area contributed by atoms with Gasteiger partial charge in [0.05, 0.1) is 12.7 Å². The molecule has 2 aromatic carbocycles. The standard InChI is InChI=1S/C20H23FN2O6S/c1-13(2)23-30(26,27)18-10-14(8-9-17(18)28-3)20(25)29-12-19(24)22-11-15-6-4-5-7-16(15)21/h4-10,13,23H,11-12H2,1-3H3,(H,22,24). The van der Waals surface area contributed by atoms with Gasteiger partial charge in [-0.05, 0) is 38.1 Å². The predicted octanol–water partition coefficient (Wildman–Crippen LogP) is 1.99. The average molecular weight is 438 g/mol. The monoisotopic (exact) mass is 438 g/mol. The van der Waals surface area contributed by atoms with Gasteiger partial charge in [0.2, 0.25) is 10.0 Å². The predicted molar refractivity (Wildman–Crippen MR) is 107 cm³/mol. The van der Waals surface area contributed by atoms with E-state index in [1.165, 1.54) is 37.4 Å². The smallest absolute Gasteiger partial charge is 0.338 e. The summed E-state index contributed by atoms with van der Waals surface area (Å²) in [5.74, 6) is -1.92. The van der Waals surface area contributed by atoms with Crippen molar-refractivity contribution in [3.8, 4) is 5.75 Å². The number of halogens is 1. The zero-order valence-electron chi connectivity index (χ0n) is 16.8. The Morgan fingerprint density at radius 1 is 1.13 bits per heavy atom. The lowest BCUT2D eigenvalue weighted by molar-refractivity contribution is -0.124. The summed E-state index contributed by atoms with van der Waals surface area (Å²) in [5.41, 5.74) is 0.224. The molecule has 0 saturated heterocycles. The number of hydrogen-bond donors (Lipinski definition) is 2. The molecule has 1 amide bonds. The summed E-state index contributed by atoms with van der Waals surface area (Å²) in [5, 5.41) is 2.44. The van der Waals surface area contributed by atoms with Gasteiger partial charge >= 0.3 is 5.97 Å². The third-order valence-corrected chi connectivity index (χ3v) is 5.53. The fourth-order valence-electron chi connectivity index (χ4n) is 2.49. The van der Waals surface area contributed by atoms with Crippen LogP contribution in [0.2, 0.25) is 0 Å². The van der Waals surface area contributed by atoms with Crippen LogP contribution in [0.3, 0.4) is 0 Å². The van der Waals surface area contributed by atoms with E-state index in [9.17, 15) is 22.4 Å². The molecule has 0 fully saturated rings. The highest BCUT2D eigenvalue weighted by atomic mass is 32.2. The summed E-state index contributed by atoms with van der Waals surface area (Å²) >= 11 is 0. The highest BCUT2D eigenvalue weighted by Crippen LogP contribution is 2.25. The van der Waals surface area contributed by atoms with Crippen LogP contribution in [0.1, 0.15) is 29.8 Å². The van der Waals surface area contributed by atoms with Gasteiger partial charge in [-0.15, -0.1) is 0 Å². The number of nitrogens with one attached hydrogen (secondary N) is 2. The van der Waals surface area contributed by atoms with Crippen molar-refractivity contribution in [1.82, 2.24) is 10.0 Å². The normalized spacial score (nSPS) is 11.2. The number of methoxy groups -OCH3 is 1. The van der Waals surface area contributed by atoms with E-state index in [1.54, 1.807) is 19.9 Å². The van der Waals surface area contributed by atoms with Crippen molar-refractivity contribution in [3.63, 3.8) is 0 Å². The van der Waals surface area contributed by atoms with Crippen LogP contribution in [-0.4, -0.2) is 40.1 Å². The zero-order valence-corrected chi connectivity index (χ0v) is 17.6. The second-order valence-electron chi connectivity index (χ2n) is 6.59. The van der Waals surface area contributed by atoms with Crippen LogP contribution in [0, 0.1) is 5.82 Å². The maximum absolute atomic E-state index is 13.5.